The third kappa shape index (κ3) is 2.15. The molecule has 3 amide bonds. The first kappa shape index (κ1) is 12.0. The third-order valence-corrected chi connectivity index (χ3v) is 2.80. The standard InChI is InChI=1S/C11H11N3O4/c1-7-3-2-4-9(14(17)18)8(7)5-13-6-10(15)12-11(13)16/h2-4H,5-6H2,1H3,(H,12,15,16). The van der Waals surface area contributed by atoms with Gasteiger partial charge >= 0.3 is 6.03 Å². The van der Waals surface area contributed by atoms with E-state index in [4.69, 9.17) is 0 Å². The van der Waals surface area contributed by atoms with E-state index in [0.717, 1.165) is 5.56 Å². The maximum atomic E-state index is 11.4. The molecule has 1 aromatic carbocycles. The van der Waals surface area contributed by atoms with Crippen LogP contribution in [0.4, 0.5) is 10.5 Å². The van der Waals surface area contributed by atoms with Gasteiger partial charge in [0.15, 0.2) is 0 Å². The number of nitrogens with zero attached hydrogens (tertiary/aromatic N) is 2. The van der Waals surface area contributed by atoms with Crippen molar-refractivity contribution in [2.75, 3.05) is 6.54 Å². The van der Waals surface area contributed by atoms with Crippen LogP contribution < -0.4 is 5.32 Å². The molecule has 0 unspecified atom stereocenters. The minimum Gasteiger partial charge on any atom is -0.311 e. The van der Waals surface area contributed by atoms with Crippen LogP contribution in [0, 0.1) is 17.0 Å². The Morgan fingerprint density at radius 2 is 2.17 bits per heavy atom. The summed E-state index contributed by atoms with van der Waals surface area (Å²) in [4.78, 5) is 34.1. The lowest BCUT2D eigenvalue weighted by atomic mass is 10.1. The van der Waals surface area contributed by atoms with Crippen molar-refractivity contribution in [2.45, 2.75) is 13.5 Å². The number of amides is 3. The van der Waals surface area contributed by atoms with Gasteiger partial charge in [0.05, 0.1) is 17.0 Å². The Kier molecular flexibility index (Phi) is 2.97. The lowest BCUT2D eigenvalue weighted by Crippen LogP contribution is -2.28. The number of carbonyl (C=O) groups is 2. The van der Waals surface area contributed by atoms with Crippen molar-refractivity contribution < 1.29 is 14.5 Å². The highest BCUT2D eigenvalue weighted by atomic mass is 16.6. The second-order valence-electron chi connectivity index (χ2n) is 4.04. The first-order chi connectivity index (χ1) is 8.49. The van der Waals surface area contributed by atoms with Gasteiger partial charge in [-0.05, 0) is 12.5 Å². The maximum Gasteiger partial charge on any atom is 0.324 e. The number of carbonyl (C=O) groups excluding carboxylic acids is 2. The van der Waals surface area contributed by atoms with Crippen LogP contribution >= 0.6 is 0 Å². The van der Waals surface area contributed by atoms with Crippen molar-refractivity contribution in [2.24, 2.45) is 0 Å². The van der Waals surface area contributed by atoms with Gasteiger partial charge in [0.2, 0.25) is 5.91 Å². The SMILES string of the molecule is Cc1cccc([N+](=O)[O-])c1CN1CC(=O)NC1=O. The van der Waals surface area contributed by atoms with Crippen molar-refractivity contribution in [3.63, 3.8) is 0 Å². The van der Waals surface area contributed by atoms with Crippen molar-refractivity contribution >= 4 is 17.6 Å². The van der Waals surface area contributed by atoms with E-state index in [9.17, 15) is 19.7 Å². The van der Waals surface area contributed by atoms with E-state index in [-0.39, 0.29) is 18.8 Å². The highest BCUT2D eigenvalue weighted by Crippen LogP contribution is 2.24. The summed E-state index contributed by atoms with van der Waals surface area (Å²) in [7, 11) is 0. The molecule has 1 heterocycles. The number of nitrogens with one attached hydrogen (secondary N) is 1. The van der Waals surface area contributed by atoms with Crippen LogP contribution in [0.15, 0.2) is 18.2 Å². The van der Waals surface area contributed by atoms with Gasteiger partial charge in [-0.3, -0.25) is 20.2 Å². The fourth-order valence-electron chi connectivity index (χ4n) is 1.87. The van der Waals surface area contributed by atoms with E-state index >= 15 is 0 Å². The molecule has 94 valence electrons. The average Bonchev–Trinajstić information content (AvgIpc) is 2.60. The molecule has 1 N–H and O–H groups in total. The molecule has 1 aliphatic heterocycles. The van der Waals surface area contributed by atoms with E-state index in [1.165, 1.54) is 11.0 Å². The first-order valence-corrected chi connectivity index (χ1v) is 5.30. The van der Waals surface area contributed by atoms with Gasteiger partial charge in [-0.25, -0.2) is 4.79 Å². The zero-order valence-electron chi connectivity index (χ0n) is 9.67. The molecule has 1 aliphatic rings. The van der Waals surface area contributed by atoms with Gasteiger partial charge in [0, 0.05) is 6.07 Å². The number of hydrogen-bond acceptors (Lipinski definition) is 4. The normalized spacial score (nSPS) is 14.8. The maximum absolute atomic E-state index is 11.4. The fraction of sp³-hybridized carbons (Fsp3) is 0.273. The topological polar surface area (TPSA) is 92.6 Å². The molecule has 7 heteroatoms. The van der Waals surface area contributed by atoms with Crippen LogP contribution in [0.1, 0.15) is 11.1 Å². The summed E-state index contributed by atoms with van der Waals surface area (Å²) in [6.45, 7) is 1.73. The van der Waals surface area contributed by atoms with Crippen LogP contribution in [-0.2, 0) is 11.3 Å². The molecule has 2 rings (SSSR count). The number of hydrogen-bond donors (Lipinski definition) is 1. The first-order valence-electron chi connectivity index (χ1n) is 5.30. The molecule has 0 bridgehead atoms. The van der Waals surface area contributed by atoms with E-state index < -0.39 is 16.9 Å². The molecule has 0 aromatic heterocycles. The number of benzene rings is 1. The van der Waals surface area contributed by atoms with Crippen LogP contribution in [0.3, 0.4) is 0 Å². The Balaban J connectivity index is 2.31. The number of urea groups is 1. The van der Waals surface area contributed by atoms with Crippen molar-refractivity contribution in [1.29, 1.82) is 0 Å². The van der Waals surface area contributed by atoms with Crippen molar-refractivity contribution in [1.82, 2.24) is 10.2 Å². The quantitative estimate of drug-likeness (QED) is 0.490. The lowest BCUT2D eigenvalue weighted by molar-refractivity contribution is -0.385. The lowest BCUT2D eigenvalue weighted by Gasteiger charge is -2.14. The number of aryl methyl sites for hydroxylation is 1. The molecule has 7 nitrogen and oxygen atoms in total. The molecule has 1 saturated heterocycles. The van der Waals surface area contributed by atoms with E-state index in [1.807, 2.05) is 0 Å². The van der Waals surface area contributed by atoms with E-state index in [2.05, 4.69) is 5.32 Å². The average molecular weight is 249 g/mol. The predicted octanol–water partition coefficient (Wildman–Crippen LogP) is 0.955. The zero-order valence-corrected chi connectivity index (χ0v) is 9.67. The smallest absolute Gasteiger partial charge is 0.311 e. The number of rotatable bonds is 3. The Morgan fingerprint density at radius 1 is 1.44 bits per heavy atom. The summed E-state index contributed by atoms with van der Waals surface area (Å²) in [5, 5.41) is 13.0. The van der Waals surface area contributed by atoms with Gasteiger partial charge in [0.1, 0.15) is 6.54 Å². The second-order valence-corrected chi connectivity index (χ2v) is 4.04. The van der Waals surface area contributed by atoms with Gasteiger partial charge in [-0.1, -0.05) is 12.1 Å². The van der Waals surface area contributed by atoms with Gasteiger partial charge < -0.3 is 4.90 Å². The van der Waals surface area contributed by atoms with Crippen molar-refractivity contribution in [3.8, 4) is 0 Å². The van der Waals surface area contributed by atoms with E-state index in [0.29, 0.717) is 5.56 Å². The molecule has 0 atom stereocenters. The summed E-state index contributed by atoms with van der Waals surface area (Å²) < 4.78 is 0. The monoisotopic (exact) mass is 249 g/mol. The molecule has 0 saturated carbocycles. The highest BCUT2D eigenvalue weighted by Gasteiger charge is 2.29. The molecular weight excluding hydrogens is 238 g/mol. The number of nitro groups is 1. The van der Waals surface area contributed by atoms with Crippen LogP contribution in [0.5, 0.6) is 0 Å². The van der Waals surface area contributed by atoms with E-state index in [1.54, 1.807) is 19.1 Å². The number of nitro benzene ring substituents is 1. The third-order valence-electron chi connectivity index (χ3n) is 2.80. The summed E-state index contributed by atoms with van der Waals surface area (Å²) in [5.41, 5.74) is 1.13. The van der Waals surface area contributed by atoms with Gasteiger partial charge in [-0.2, -0.15) is 0 Å². The van der Waals surface area contributed by atoms with Crippen LogP contribution in [0.2, 0.25) is 0 Å². The molecular formula is C11H11N3O4. The van der Waals surface area contributed by atoms with Crippen LogP contribution in [-0.4, -0.2) is 28.3 Å². The molecule has 1 fully saturated rings. The summed E-state index contributed by atoms with van der Waals surface area (Å²) in [6.07, 6.45) is 0. The predicted molar refractivity (Wildman–Crippen MR) is 61.8 cm³/mol. The molecule has 1 aromatic rings. The molecule has 0 spiro atoms. The summed E-state index contributed by atoms with van der Waals surface area (Å²) >= 11 is 0. The van der Waals surface area contributed by atoms with Gasteiger partial charge in [-0.15, -0.1) is 0 Å². The Morgan fingerprint density at radius 3 is 2.72 bits per heavy atom. The summed E-state index contributed by atoms with van der Waals surface area (Å²) in [6, 6.07) is 4.19. The fourth-order valence-corrected chi connectivity index (χ4v) is 1.87. The largest absolute Gasteiger partial charge is 0.324 e. The molecule has 0 aliphatic carbocycles. The van der Waals surface area contributed by atoms with Crippen LogP contribution in [0.25, 0.3) is 0 Å². The minimum absolute atomic E-state index is 0.0397. The Bertz CT molecular complexity index is 541. The zero-order chi connectivity index (χ0) is 13.3. The Labute approximate surface area is 103 Å². The number of imide groups is 1. The molecule has 18 heavy (non-hydrogen) atoms. The minimum atomic E-state index is -0.516. The summed E-state index contributed by atoms with van der Waals surface area (Å²) in [5.74, 6) is -0.392. The van der Waals surface area contributed by atoms with Gasteiger partial charge in [0.25, 0.3) is 5.69 Å². The highest BCUT2D eigenvalue weighted by molar-refractivity contribution is 6.01. The molecule has 0 radical (unpaired) electrons. The second kappa shape index (κ2) is 4.44. The van der Waals surface area contributed by atoms with Crippen molar-refractivity contribution in [3.05, 3.63) is 39.4 Å². The Hall–Kier alpha value is -2.44.